The quantitative estimate of drug-likeness (QED) is 0.623. The van der Waals surface area contributed by atoms with E-state index >= 15 is 0 Å². The molecule has 0 aliphatic carbocycles. The summed E-state index contributed by atoms with van der Waals surface area (Å²) in [6.45, 7) is 5.13. The molecule has 30 heavy (non-hydrogen) atoms. The van der Waals surface area contributed by atoms with Gasteiger partial charge in [-0.3, -0.25) is 4.79 Å². The van der Waals surface area contributed by atoms with Gasteiger partial charge in [0.15, 0.2) is 0 Å². The van der Waals surface area contributed by atoms with E-state index in [1.807, 2.05) is 35.2 Å². The number of halogens is 1. The van der Waals surface area contributed by atoms with E-state index in [4.69, 9.17) is 16.3 Å². The van der Waals surface area contributed by atoms with E-state index in [9.17, 15) is 9.59 Å². The van der Waals surface area contributed by atoms with Crippen molar-refractivity contribution in [2.75, 3.05) is 37.7 Å². The lowest BCUT2D eigenvalue weighted by molar-refractivity contribution is -0.131. The summed E-state index contributed by atoms with van der Waals surface area (Å²) in [6, 6.07) is 11.4. The number of esters is 1. The Morgan fingerprint density at radius 2 is 1.87 bits per heavy atom. The molecule has 0 saturated carbocycles. The first-order chi connectivity index (χ1) is 14.6. The van der Waals surface area contributed by atoms with Crippen molar-refractivity contribution in [3.05, 3.63) is 58.7 Å². The molecule has 6 nitrogen and oxygen atoms in total. The molecule has 2 heterocycles. The van der Waals surface area contributed by atoms with Crippen LogP contribution in [0.15, 0.2) is 42.6 Å². The highest BCUT2D eigenvalue weighted by molar-refractivity contribution is 6.30. The summed E-state index contributed by atoms with van der Waals surface area (Å²) in [5.74, 6) is 0.666. The normalized spacial score (nSPS) is 14.3. The van der Waals surface area contributed by atoms with Crippen molar-refractivity contribution in [1.29, 1.82) is 0 Å². The number of ether oxygens (including phenoxy) is 1. The molecule has 0 bridgehead atoms. The molecular weight excluding hydrogens is 402 g/mol. The monoisotopic (exact) mass is 429 g/mol. The van der Waals surface area contributed by atoms with E-state index in [0.29, 0.717) is 25.1 Å². The molecule has 1 aromatic heterocycles. The minimum atomic E-state index is -0.359. The minimum Gasteiger partial charge on any atom is -0.462 e. The Kier molecular flexibility index (Phi) is 8.08. The largest absolute Gasteiger partial charge is 0.462 e. The molecule has 3 rings (SSSR count). The van der Waals surface area contributed by atoms with E-state index in [0.717, 1.165) is 49.7 Å². The molecule has 0 unspecified atom stereocenters. The Balaban J connectivity index is 1.47. The van der Waals surface area contributed by atoms with Crippen LogP contribution in [0.2, 0.25) is 5.02 Å². The van der Waals surface area contributed by atoms with Gasteiger partial charge in [0.25, 0.3) is 0 Å². The van der Waals surface area contributed by atoms with Crippen molar-refractivity contribution in [2.24, 2.45) is 0 Å². The summed E-state index contributed by atoms with van der Waals surface area (Å²) in [4.78, 5) is 32.9. The maximum absolute atomic E-state index is 12.6. The van der Waals surface area contributed by atoms with Crippen LogP contribution in [0.1, 0.15) is 42.1 Å². The fourth-order valence-corrected chi connectivity index (χ4v) is 3.68. The molecule has 0 radical (unpaired) electrons. The molecule has 0 spiro atoms. The Morgan fingerprint density at radius 1 is 1.07 bits per heavy atom. The number of pyridine rings is 1. The van der Waals surface area contributed by atoms with E-state index in [1.165, 1.54) is 5.56 Å². The van der Waals surface area contributed by atoms with Crippen molar-refractivity contribution in [2.45, 2.75) is 32.6 Å². The molecule has 1 aromatic carbocycles. The molecule has 160 valence electrons. The van der Waals surface area contributed by atoms with Crippen molar-refractivity contribution < 1.29 is 14.3 Å². The molecule has 2 aromatic rings. The lowest BCUT2D eigenvalue weighted by Crippen LogP contribution is -2.35. The first kappa shape index (κ1) is 22.1. The Bertz CT molecular complexity index is 840. The summed E-state index contributed by atoms with van der Waals surface area (Å²) in [6.07, 6.45) is 4.70. The van der Waals surface area contributed by atoms with Crippen LogP contribution < -0.4 is 4.90 Å². The van der Waals surface area contributed by atoms with E-state index < -0.39 is 0 Å². The van der Waals surface area contributed by atoms with Gasteiger partial charge in [-0.15, -0.1) is 0 Å². The summed E-state index contributed by atoms with van der Waals surface area (Å²) < 4.78 is 5.00. The summed E-state index contributed by atoms with van der Waals surface area (Å²) >= 11 is 5.91. The second kappa shape index (κ2) is 11.0. The number of hydrogen-bond donors (Lipinski definition) is 0. The van der Waals surface area contributed by atoms with Gasteiger partial charge in [0, 0.05) is 43.8 Å². The van der Waals surface area contributed by atoms with Crippen molar-refractivity contribution in [1.82, 2.24) is 9.88 Å². The fraction of sp³-hybridized carbons (Fsp3) is 0.435. The zero-order valence-electron chi connectivity index (χ0n) is 17.3. The number of benzene rings is 1. The topological polar surface area (TPSA) is 62.7 Å². The number of carbonyl (C=O) groups is 2. The van der Waals surface area contributed by atoms with Gasteiger partial charge in [-0.05, 0) is 56.0 Å². The first-order valence-corrected chi connectivity index (χ1v) is 10.8. The predicted octanol–water partition coefficient (Wildman–Crippen LogP) is 3.97. The van der Waals surface area contributed by atoms with Crippen LogP contribution >= 0.6 is 11.6 Å². The molecule has 0 N–H and O–H groups in total. The van der Waals surface area contributed by atoms with Gasteiger partial charge in [-0.25, -0.2) is 9.78 Å². The highest BCUT2D eigenvalue weighted by Gasteiger charge is 2.20. The van der Waals surface area contributed by atoms with Crippen LogP contribution in [-0.4, -0.2) is 54.5 Å². The van der Waals surface area contributed by atoms with Crippen LogP contribution in [0.5, 0.6) is 0 Å². The van der Waals surface area contributed by atoms with Gasteiger partial charge >= 0.3 is 5.97 Å². The molecular formula is C23H28ClN3O3. The molecule has 1 aliphatic heterocycles. The first-order valence-electron chi connectivity index (χ1n) is 10.5. The second-order valence-corrected chi connectivity index (χ2v) is 7.76. The number of amides is 1. The fourth-order valence-electron chi connectivity index (χ4n) is 3.56. The van der Waals surface area contributed by atoms with Gasteiger partial charge in [0.05, 0.1) is 12.2 Å². The number of rotatable bonds is 7. The summed E-state index contributed by atoms with van der Waals surface area (Å²) in [5, 5.41) is 0.731. The Labute approximate surface area is 182 Å². The third-order valence-electron chi connectivity index (χ3n) is 5.20. The summed E-state index contributed by atoms with van der Waals surface area (Å²) in [7, 11) is 0. The van der Waals surface area contributed by atoms with E-state index in [-0.39, 0.29) is 11.9 Å². The highest BCUT2D eigenvalue weighted by Crippen LogP contribution is 2.16. The van der Waals surface area contributed by atoms with Crippen LogP contribution in [0.25, 0.3) is 0 Å². The van der Waals surface area contributed by atoms with Crippen LogP contribution in [0, 0.1) is 0 Å². The number of aryl methyl sites for hydroxylation is 1. The zero-order valence-corrected chi connectivity index (χ0v) is 18.1. The van der Waals surface area contributed by atoms with E-state index in [2.05, 4.69) is 9.88 Å². The van der Waals surface area contributed by atoms with Gasteiger partial charge in [0.1, 0.15) is 5.82 Å². The third-order valence-corrected chi connectivity index (χ3v) is 5.45. The molecule has 1 saturated heterocycles. The van der Waals surface area contributed by atoms with Gasteiger partial charge in [0.2, 0.25) is 5.91 Å². The number of anilines is 1. The number of aromatic nitrogens is 1. The second-order valence-electron chi connectivity index (χ2n) is 7.33. The lowest BCUT2D eigenvalue weighted by atomic mass is 10.1. The number of carbonyl (C=O) groups excluding carboxylic acids is 2. The maximum Gasteiger partial charge on any atom is 0.339 e. The predicted molar refractivity (Wildman–Crippen MR) is 118 cm³/mol. The number of hydrogen-bond acceptors (Lipinski definition) is 5. The molecule has 0 atom stereocenters. The van der Waals surface area contributed by atoms with Crippen molar-refractivity contribution in [3.63, 3.8) is 0 Å². The van der Waals surface area contributed by atoms with E-state index in [1.54, 1.807) is 19.2 Å². The average Bonchev–Trinajstić information content (AvgIpc) is 3.02. The van der Waals surface area contributed by atoms with Crippen LogP contribution in [-0.2, 0) is 16.0 Å². The number of nitrogens with zero attached hydrogens (tertiary/aromatic N) is 3. The van der Waals surface area contributed by atoms with Gasteiger partial charge in [-0.1, -0.05) is 23.7 Å². The van der Waals surface area contributed by atoms with Crippen LogP contribution in [0.4, 0.5) is 5.82 Å². The van der Waals surface area contributed by atoms with Gasteiger partial charge in [-0.2, -0.15) is 0 Å². The van der Waals surface area contributed by atoms with Gasteiger partial charge < -0.3 is 14.5 Å². The van der Waals surface area contributed by atoms with Crippen molar-refractivity contribution >= 4 is 29.3 Å². The Hall–Kier alpha value is -2.60. The maximum atomic E-state index is 12.6. The van der Waals surface area contributed by atoms with Crippen LogP contribution in [0.3, 0.4) is 0 Å². The molecule has 1 fully saturated rings. The highest BCUT2D eigenvalue weighted by atomic mass is 35.5. The lowest BCUT2D eigenvalue weighted by Gasteiger charge is -2.23. The van der Waals surface area contributed by atoms with Crippen molar-refractivity contribution in [3.8, 4) is 0 Å². The standard InChI is InChI=1S/C23H28ClN3O3/c1-2-30-23(29)19-9-12-21(25-17-19)26-13-4-14-27(16-15-26)22(28)6-3-5-18-7-10-20(24)11-8-18/h7-12,17H,2-6,13-16H2,1H3. The molecule has 1 aliphatic rings. The third kappa shape index (κ3) is 6.20. The summed E-state index contributed by atoms with van der Waals surface area (Å²) in [5.41, 5.74) is 1.65. The smallest absolute Gasteiger partial charge is 0.339 e. The average molecular weight is 430 g/mol. The minimum absolute atomic E-state index is 0.205. The Morgan fingerprint density at radius 3 is 2.57 bits per heavy atom. The molecule has 1 amide bonds. The zero-order chi connectivity index (χ0) is 21.3. The SMILES string of the molecule is CCOC(=O)c1ccc(N2CCCN(C(=O)CCCc3ccc(Cl)cc3)CC2)nc1. The molecule has 7 heteroatoms.